The van der Waals surface area contributed by atoms with Gasteiger partial charge in [0.1, 0.15) is 5.01 Å². The topological polar surface area (TPSA) is 118 Å². The maximum absolute atomic E-state index is 12.0. The van der Waals surface area contributed by atoms with E-state index in [0.29, 0.717) is 5.13 Å². The van der Waals surface area contributed by atoms with E-state index in [4.69, 9.17) is 0 Å². The SMILES string of the molecule is CCCCc1nnc(NC(=O)c2ccc([N+](=O)[O-])c(O)c2)s1. The standard InChI is InChI=1S/C13H14N4O4S/c1-2-3-4-11-15-16-13(22-11)14-12(19)8-5-6-9(17(20)21)10(18)7-8/h5-7,18H,2-4H2,1H3,(H,14,16,19). The number of nitro benzene ring substituents is 1. The van der Waals surface area contributed by atoms with Gasteiger partial charge in [0.25, 0.3) is 5.91 Å². The summed E-state index contributed by atoms with van der Waals surface area (Å²) in [6.45, 7) is 2.07. The van der Waals surface area contributed by atoms with Crippen molar-refractivity contribution >= 4 is 28.1 Å². The molecule has 0 spiro atoms. The van der Waals surface area contributed by atoms with E-state index in [1.165, 1.54) is 17.4 Å². The average molecular weight is 322 g/mol. The number of aromatic nitrogens is 2. The molecule has 0 atom stereocenters. The summed E-state index contributed by atoms with van der Waals surface area (Å²) in [6, 6.07) is 3.40. The first kappa shape index (κ1) is 15.8. The van der Waals surface area contributed by atoms with Crippen LogP contribution in [0.2, 0.25) is 0 Å². The quantitative estimate of drug-likeness (QED) is 0.623. The molecular weight excluding hydrogens is 308 g/mol. The lowest BCUT2D eigenvalue weighted by molar-refractivity contribution is -0.385. The number of rotatable bonds is 6. The maximum Gasteiger partial charge on any atom is 0.310 e. The van der Waals surface area contributed by atoms with Gasteiger partial charge >= 0.3 is 5.69 Å². The van der Waals surface area contributed by atoms with Crippen molar-refractivity contribution in [1.82, 2.24) is 10.2 Å². The summed E-state index contributed by atoms with van der Waals surface area (Å²) in [5, 5.41) is 31.7. The Balaban J connectivity index is 2.07. The lowest BCUT2D eigenvalue weighted by Gasteiger charge is -2.02. The number of unbranched alkanes of at least 4 members (excludes halogenated alkanes) is 1. The van der Waals surface area contributed by atoms with Crippen LogP contribution in [0.25, 0.3) is 0 Å². The van der Waals surface area contributed by atoms with Gasteiger partial charge in [-0.05, 0) is 18.6 Å². The number of phenols is 1. The number of nitrogens with one attached hydrogen (secondary N) is 1. The van der Waals surface area contributed by atoms with Crippen LogP contribution in [0.1, 0.15) is 35.1 Å². The van der Waals surface area contributed by atoms with Gasteiger partial charge in [-0.25, -0.2) is 0 Å². The van der Waals surface area contributed by atoms with Gasteiger partial charge in [0.2, 0.25) is 5.13 Å². The van der Waals surface area contributed by atoms with Crippen LogP contribution < -0.4 is 5.32 Å². The molecule has 0 saturated heterocycles. The van der Waals surface area contributed by atoms with Gasteiger partial charge in [-0.15, -0.1) is 10.2 Å². The smallest absolute Gasteiger partial charge is 0.310 e. The Morgan fingerprint density at radius 1 is 1.45 bits per heavy atom. The van der Waals surface area contributed by atoms with E-state index < -0.39 is 22.3 Å². The van der Waals surface area contributed by atoms with E-state index in [1.807, 2.05) is 0 Å². The highest BCUT2D eigenvalue weighted by molar-refractivity contribution is 7.15. The monoisotopic (exact) mass is 322 g/mol. The van der Waals surface area contributed by atoms with E-state index in [1.54, 1.807) is 0 Å². The first-order valence-corrected chi connectivity index (χ1v) is 7.44. The fourth-order valence-corrected chi connectivity index (χ4v) is 2.50. The molecule has 116 valence electrons. The molecule has 0 unspecified atom stereocenters. The van der Waals surface area contributed by atoms with Gasteiger partial charge in [-0.3, -0.25) is 20.2 Å². The number of aryl methyl sites for hydroxylation is 1. The molecule has 0 bridgehead atoms. The van der Waals surface area contributed by atoms with Crippen molar-refractivity contribution in [2.75, 3.05) is 5.32 Å². The molecule has 22 heavy (non-hydrogen) atoms. The van der Waals surface area contributed by atoms with E-state index >= 15 is 0 Å². The summed E-state index contributed by atoms with van der Waals surface area (Å²) in [6.07, 6.45) is 2.85. The van der Waals surface area contributed by atoms with Crippen molar-refractivity contribution in [2.24, 2.45) is 0 Å². The molecule has 2 rings (SSSR count). The third-order valence-electron chi connectivity index (χ3n) is 2.87. The first-order chi connectivity index (χ1) is 10.5. The molecular formula is C13H14N4O4S. The highest BCUT2D eigenvalue weighted by Crippen LogP contribution is 2.27. The number of nitro groups is 1. The second kappa shape index (κ2) is 6.94. The number of amides is 1. The predicted octanol–water partition coefficient (Wildman–Crippen LogP) is 2.75. The molecule has 0 aliphatic rings. The lowest BCUT2D eigenvalue weighted by Crippen LogP contribution is -2.11. The Bertz CT molecular complexity index is 701. The normalized spacial score (nSPS) is 10.4. The zero-order valence-corrected chi connectivity index (χ0v) is 12.6. The van der Waals surface area contributed by atoms with Crippen LogP contribution in [-0.4, -0.2) is 26.1 Å². The number of hydrogen-bond donors (Lipinski definition) is 2. The number of benzene rings is 1. The molecule has 1 amide bonds. The van der Waals surface area contributed by atoms with Crippen molar-refractivity contribution in [3.8, 4) is 5.75 Å². The highest BCUT2D eigenvalue weighted by Gasteiger charge is 2.17. The van der Waals surface area contributed by atoms with Crippen molar-refractivity contribution in [2.45, 2.75) is 26.2 Å². The predicted molar refractivity (Wildman–Crippen MR) is 81.2 cm³/mol. The van der Waals surface area contributed by atoms with E-state index in [9.17, 15) is 20.0 Å². The second-order valence-corrected chi connectivity index (χ2v) is 5.58. The first-order valence-electron chi connectivity index (χ1n) is 6.62. The number of nitrogens with zero attached hydrogens (tertiary/aromatic N) is 3. The van der Waals surface area contributed by atoms with Gasteiger partial charge in [0.15, 0.2) is 5.75 Å². The maximum atomic E-state index is 12.0. The molecule has 1 aromatic heterocycles. The van der Waals surface area contributed by atoms with E-state index in [0.717, 1.165) is 36.4 Å². The van der Waals surface area contributed by atoms with Crippen molar-refractivity contribution in [3.05, 3.63) is 38.9 Å². The molecule has 9 heteroatoms. The fourth-order valence-electron chi connectivity index (χ4n) is 1.72. The van der Waals surface area contributed by atoms with Crippen molar-refractivity contribution < 1.29 is 14.8 Å². The summed E-state index contributed by atoms with van der Waals surface area (Å²) < 4.78 is 0. The molecule has 0 aliphatic heterocycles. The number of anilines is 1. The second-order valence-electron chi connectivity index (χ2n) is 4.52. The molecule has 0 aliphatic carbocycles. The van der Waals surface area contributed by atoms with Crippen LogP contribution in [0.15, 0.2) is 18.2 Å². The van der Waals surface area contributed by atoms with Gasteiger partial charge in [0.05, 0.1) is 4.92 Å². The lowest BCUT2D eigenvalue weighted by atomic mass is 10.2. The Labute approximate surface area is 130 Å². The van der Waals surface area contributed by atoms with Crippen LogP contribution in [0.4, 0.5) is 10.8 Å². The average Bonchev–Trinajstić information content (AvgIpc) is 2.92. The minimum Gasteiger partial charge on any atom is -0.502 e. The minimum atomic E-state index is -0.720. The van der Waals surface area contributed by atoms with Crippen LogP contribution >= 0.6 is 11.3 Å². The number of carbonyl (C=O) groups is 1. The third kappa shape index (κ3) is 3.76. The van der Waals surface area contributed by atoms with E-state index in [-0.39, 0.29) is 5.56 Å². The number of aromatic hydroxyl groups is 1. The molecule has 2 N–H and O–H groups in total. The summed E-state index contributed by atoms with van der Waals surface area (Å²) >= 11 is 1.28. The molecule has 1 heterocycles. The Morgan fingerprint density at radius 3 is 2.86 bits per heavy atom. The van der Waals surface area contributed by atoms with E-state index in [2.05, 4.69) is 22.4 Å². The molecule has 0 saturated carbocycles. The van der Waals surface area contributed by atoms with Crippen LogP contribution in [0.5, 0.6) is 5.75 Å². The summed E-state index contributed by atoms with van der Waals surface area (Å²) in [5.74, 6) is -1.07. The molecule has 8 nitrogen and oxygen atoms in total. The van der Waals surface area contributed by atoms with Gasteiger partial charge in [-0.1, -0.05) is 24.7 Å². The zero-order chi connectivity index (χ0) is 16.1. The molecule has 2 aromatic rings. The zero-order valence-electron chi connectivity index (χ0n) is 11.8. The number of carbonyl (C=O) groups excluding carboxylic acids is 1. The summed E-state index contributed by atoms with van der Waals surface area (Å²) in [5.41, 5.74) is -0.345. The Hall–Kier alpha value is -2.55. The fraction of sp³-hybridized carbons (Fsp3) is 0.308. The van der Waals surface area contributed by atoms with Crippen LogP contribution in [-0.2, 0) is 6.42 Å². The van der Waals surface area contributed by atoms with Gasteiger partial charge in [-0.2, -0.15) is 0 Å². The Morgan fingerprint density at radius 2 is 2.23 bits per heavy atom. The Kier molecular flexibility index (Phi) is 4.99. The largest absolute Gasteiger partial charge is 0.502 e. The van der Waals surface area contributed by atoms with Crippen LogP contribution in [0.3, 0.4) is 0 Å². The molecule has 0 fully saturated rings. The number of phenolic OH excluding ortho intramolecular Hbond substituents is 1. The summed E-state index contributed by atoms with van der Waals surface area (Å²) in [7, 11) is 0. The highest BCUT2D eigenvalue weighted by atomic mass is 32.1. The molecule has 0 radical (unpaired) electrons. The number of hydrogen-bond acceptors (Lipinski definition) is 7. The molecule has 1 aromatic carbocycles. The third-order valence-corrected chi connectivity index (χ3v) is 3.76. The van der Waals surface area contributed by atoms with Crippen LogP contribution in [0, 0.1) is 10.1 Å². The summed E-state index contributed by atoms with van der Waals surface area (Å²) in [4.78, 5) is 21.9. The van der Waals surface area contributed by atoms with Crippen molar-refractivity contribution in [1.29, 1.82) is 0 Å². The van der Waals surface area contributed by atoms with Crippen molar-refractivity contribution in [3.63, 3.8) is 0 Å². The minimum absolute atomic E-state index is 0.105. The van der Waals surface area contributed by atoms with Gasteiger partial charge < -0.3 is 5.11 Å². The van der Waals surface area contributed by atoms with Gasteiger partial charge in [0, 0.05) is 18.1 Å².